The van der Waals surface area contributed by atoms with Crippen molar-refractivity contribution in [2.45, 2.75) is 25.0 Å². The van der Waals surface area contributed by atoms with E-state index in [1.165, 1.54) is 12.1 Å². The topological polar surface area (TPSA) is 29.5 Å². The van der Waals surface area contributed by atoms with Crippen LogP contribution in [0, 0.1) is 11.9 Å². The van der Waals surface area contributed by atoms with Crippen LogP contribution < -0.4 is 0 Å². The molecule has 0 saturated carbocycles. The van der Waals surface area contributed by atoms with Gasteiger partial charge < -0.3 is 9.64 Å². The molecule has 120 valence electrons. The molecule has 1 amide bonds. The number of halogens is 1. The average Bonchev–Trinajstić information content (AvgIpc) is 2.93. The molecule has 5 heteroatoms. The van der Waals surface area contributed by atoms with Gasteiger partial charge in [0.25, 0.3) is 0 Å². The molecular weight excluding hydrogens is 382 g/mol. The van der Waals surface area contributed by atoms with E-state index in [0.717, 1.165) is 16.7 Å². The van der Waals surface area contributed by atoms with Crippen LogP contribution in [0.15, 0.2) is 42.5 Å². The minimum absolute atomic E-state index is 0. The number of benzene rings is 2. The van der Waals surface area contributed by atoms with E-state index in [-0.39, 0.29) is 44.4 Å². The number of hydrogen-bond acceptors (Lipinski definition) is 2. The smallest absolute Gasteiger partial charge is 0.375 e. The molecule has 3 rings (SSSR count). The third-order valence-electron chi connectivity index (χ3n) is 4.36. The number of carbonyl (C=O) groups excluding carboxylic acids is 1. The zero-order chi connectivity index (χ0) is 16.4. The summed E-state index contributed by atoms with van der Waals surface area (Å²) in [6, 6.07) is 15.1. The molecule has 0 spiro atoms. The monoisotopic (exact) mass is 401 g/mol. The number of ether oxygens (including phenoxy) is 1. The van der Waals surface area contributed by atoms with Gasteiger partial charge in [-0.1, -0.05) is 12.1 Å². The van der Waals surface area contributed by atoms with E-state index >= 15 is 0 Å². The Kier molecular flexibility index (Phi) is 6.30. The molecule has 24 heavy (non-hydrogen) atoms. The second kappa shape index (κ2) is 7.86. The first-order valence-corrected chi connectivity index (χ1v) is 7.62. The van der Waals surface area contributed by atoms with Crippen molar-refractivity contribution in [3.8, 4) is 0 Å². The van der Waals surface area contributed by atoms with Crippen LogP contribution in [0.2, 0.25) is 0 Å². The van der Waals surface area contributed by atoms with E-state index in [2.05, 4.69) is 6.07 Å². The maximum Gasteiger partial charge on any atom is 3.00 e. The number of fused-ring (bicyclic) bond motifs is 1. The molecule has 2 aromatic rings. The number of carbonyl (C=O) groups is 1. The van der Waals surface area contributed by atoms with E-state index in [1.807, 2.05) is 18.2 Å². The number of hydrogen-bond donors (Lipinski definition) is 0. The van der Waals surface area contributed by atoms with Gasteiger partial charge >= 0.3 is 32.7 Å². The fourth-order valence-electron chi connectivity index (χ4n) is 3.07. The summed E-state index contributed by atoms with van der Waals surface area (Å²) in [5, 5.41) is 0. The van der Waals surface area contributed by atoms with Gasteiger partial charge in [-0.05, 0) is 24.1 Å². The van der Waals surface area contributed by atoms with Crippen LogP contribution >= 0.6 is 0 Å². The molecule has 1 aliphatic rings. The van der Waals surface area contributed by atoms with Gasteiger partial charge in [-0.25, -0.2) is 4.39 Å². The van der Waals surface area contributed by atoms with Crippen LogP contribution in [-0.4, -0.2) is 24.9 Å². The number of amides is 1. The Morgan fingerprint density at radius 2 is 2.00 bits per heavy atom. The predicted octanol–water partition coefficient (Wildman–Crippen LogP) is 3.27. The molecular formula is C19H19FNO2Y+2. The molecule has 0 bridgehead atoms. The van der Waals surface area contributed by atoms with Crippen LogP contribution in [0.3, 0.4) is 0 Å². The van der Waals surface area contributed by atoms with Gasteiger partial charge in [0.15, 0.2) is 0 Å². The Morgan fingerprint density at radius 1 is 1.29 bits per heavy atom. The van der Waals surface area contributed by atoms with Crippen LogP contribution in [0.25, 0.3) is 0 Å². The minimum Gasteiger partial charge on any atom is -0.375 e. The van der Waals surface area contributed by atoms with Gasteiger partial charge in [0, 0.05) is 27.1 Å². The molecule has 0 N–H and O–H groups in total. The molecule has 1 aliphatic heterocycles. The Bertz CT molecular complexity index is 718. The van der Waals surface area contributed by atoms with E-state index in [9.17, 15) is 9.18 Å². The van der Waals surface area contributed by atoms with Crippen molar-refractivity contribution in [1.82, 2.24) is 4.90 Å². The van der Waals surface area contributed by atoms with Gasteiger partial charge in [0.1, 0.15) is 5.82 Å². The minimum atomic E-state index is -0.705. The summed E-state index contributed by atoms with van der Waals surface area (Å²) in [6.45, 7) is 0.472. The van der Waals surface area contributed by atoms with Crippen molar-refractivity contribution < 1.29 is 46.6 Å². The standard InChI is InChI=1S/C19H19FNO2.Y/c1-21(2)18(22)11-12-19(15-7-9-16(20)10-8-15)17-6-4-3-5-14(17)13-23-19;/h4-10H,11-13H2,1-2H3;/q-1;+3. The quantitative estimate of drug-likeness (QED) is 0.737. The molecule has 0 fully saturated rings. The Hall–Kier alpha value is -1.10. The first kappa shape index (κ1) is 19.2. The molecule has 0 aliphatic carbocycles. The summed E-state index contributed by atoms with van der Waals surface area (Å²) >= 11 is 0. The van der Waals surface area contributed by atoms with Crippen molar-refractivity contribution in [2.75, 3.05) is 14.1 Å². The number of rotatable bonds is 4. The summed E-state index contributed by atoms with van der Waals surface area (Å²) < 4.78 is 19.5. The van der Waals surface area contributed by atoms with Gasteiger partial charge in [0.05, 0.1) is 5.60 Å². The summed E-state index contributed by atoms with van der Waals surface area (Å²) in [4.78, 5) is 13.6. The van der Waals surface area contributed by atoms with Gasteiger partial charge in [-0.15, -0.1) is 11.1 Å². The molecule has 1 heterocycles. The molecule has 0 saturated heterocycles. The predicted molar refractivity (Wildman–Crippen MR) is 85.2 cm³/mol. The third kappa shape index (κ3) is 3.61. The summed E-state index contributed by atoms with van der Waals surface area (Å²) in [5.41, 5.74) is 2.27. The number of nitrogens with zero attached hydrogens (tertiary/aromatic N) is 1. The van der Waals surface area contributed by atoms with Gasteiger partial charge in [-0.3, -0.25) is 4.79 Å². The van der Waals surface area contributed by atoms with E-state index in [4.69, 9.17) is 4.74 Å². The van der Waals surface area contributed by atoms with Gasteiger partial charge in [0.2, 0.25) is 5.91 Å². The SMILES string of the molecule is CN(C)C(=O)CCC1(c2ccc(F)cc2)OCc2c[c-]ccc21.[Y+3]. The Balaban J connectivity index is 0.00000208. The zero-order valence-corrected chi connectivity index (χ0v) is 16.7. The van der Waals surface area contributed by atoms with Gasteiger partial charge in [-0.2, -0.15) is 24.3 Å². The van der Waals surface area contributed by atoms with E-state index in [1.54, 1.807) is 31.1 Å². The maximum absolute atomic E-state index is 13.3. The van der Waals surface area contributed by atoms with E-state index in [0.29, 0.717) is 19.4 Å². The van der Waals surface area contributed by atoms with Crippen molar-refractivity contribution in [2.24, 2.45) is 0 Å². The molecule has 1 atom stereocenters. The molecule has 1 unspecified atom stereocenters. The maximum atomic E-state index is 13.3. The first-order valence-electron chi connectivity index (χ1n) is 7.62. The van der Waals surface area contributed by atoms with Crippen LogP contribution in [0.5, 0.6) is 0 Å². The second-order valence-corrected chi connectivity index (χ2v) is 5.99. The molecule has 2 aromatic carbocycles. The van der Waals surface area contributed by atoms with Crippen molar-refractivity contribution in [1.29, 1.82) is 0 Å². The van der Waals surface area contributed by atoms with Crippen LogP contribution in [0.1, 0.15) is 29.5 Å². The fourth-order valence-corrected chi connectivity index (χ4v) is 3.07. The van der Waals surface area contributed by atoms with Crippen LogP contribution in [-0.2, 0) is 54.4 Å². The van der Waals surface area contributed by atoms with Crippen molar-refractivity contribution in [3.05, 3.63) is 71.0 Å². The average molecular weight is 401 g/mol. The van der Waals surface area contributed by atoms with E-state index < -0.39 is 5.60 Å². The summed E-state index contributed by atoms with van der Waals surface area (Å²) in [7, 11) is 3.48. The summed E-state index contributed by atoms with van der Waals surface area (Å²) in [5.74, 6) is -0.237. The second-order valence-electron chi connectivity index (χ2n) is 5.99. The molecule has 0 aromatic heterocycles. The molecule has 0 radical (unpaired) electrons. The normalized spacial score (nSPS) is 18.6. The Morgan fingerprint density at radius 3 is 2.67 bits per heavy atom. The summed E-state index contributed by atoms with van der Waals surface area (Å²) in [6.07, 6.45) is 0.884. The largest absolute Gasteiger partial charge is 3.00 e. The molecule has 3 nitrogen and oxygen atoms in total. The van der Waals surface area contributed by atoms with Crippen molar-refractivity contribution in [3.63, 3.8) is 0 Å². The Labute approximate surface area is 167 Å². The fraction of sp³-hybridized carbons (Fsp3) is 0.316. The third-order valence-corrected chi connectivity index (χ3v) is 4.36. The van der Waals surface area contributed by atoms with Crippen molar-refractivity contribution >= 4 is 5.91 Å². The van der Waals surface area contributed by atoms with Crippen LogP contribution in [0.4, 0.5) is 4.39 Å². The first-order chi connectivity index (χ1) is 11.0. The zero-order valence-electron chi connectivity index (χ0n) is 13.9.